The number of hydrogen-bond donors (Lipinski definition) is 1. The Morgan fingerprint density at radius 3 is 2.82 bits per heavy atom. The number of H-pyrrole nitrogens is 1. The summed E-state index contributed by atoms with van der Waals surface area (Å²) in [6.07, 6.45) is 9.95. The minimum Gasteiger partial charge on any atom is -0.304 e. The third-order valence-corrected chi connectivity index (χ3v) is 4.22. The Labute approximate surface area is 112 Å². The number of aromatic nitrogens is 3. The largest absolute Gasteiger partial charge is 0.304 e. The minimum absolute atomic E-state index is 0.680. The van der Waals surface area contributed by atoms with Crippen LogP contribution in [0.3, 0.4) is 0 Å². The van der Waals surface area contributed by atoms with Crippen LogP contribution in [-0.2, 0) is 6.54 Å². The van der Waals surface area contributed by atoms with Gasteiger partial charge in [0.1, 0.15) is 5.82 Å². The number of nitrogens with one attached hydrogen (secondary N) is 1. The second-order valence-corrected chi connectivity index (χ2v) is 6.09. The van der Waals surface area contributed by atoms with Gasteiger partial charge in [-0.05, 0) is 49.9 Å². The minimum atomic E-state index is 0.680. The zero-order chi connectivity index (χ0) is 12.1. The second-order valence-electron chi connectivity index (χ2n) is 4.72. The van der Waals surface area contributed by atoms with Crippen LogP contribution in [-0.4, -0.2) is 26.8 Å². The van der Waals surface area contributed by atoms with Crippen molar-refractivity contribution in [2.75, 3.05) is 12.0 Å². The van der Waals surface area contributed by atoms with Crippen LogP contribution < -0.4 is 0 Å². The first-order chi connectivity index (χ1) is 8.33. The van der Waals surface area contributed by atoms with Crippen LogP contribution in [0.2, 0.25) is 0 Å². The SMILES string of the molecule is CSCCCCCCn1c(C2CC2)n[nH]c1=S. The maximum Gasteiger partial charge on any atom is 0.195 e. The molecule has 1 heterocycles. The smallest absolute Gasteiger partial charge is 0.195 e. The molecule has 5 heteroatoms. The van der Waals surface area contributed by atoms with Gasteiger partial charge in [-0.15, -0.1) is 0 Å². The molecule has 0 atom stereocenters. The maximum atomic E-state index is 5.28. The van der Waals surface area contributed by atoms with Crippen LogP contribution in [0.1, 0.15) is 50.3 Å². The van der Waals surface area contributed by atoms with Crippen molar-refractivity contribution < 1.29 is 0 Å². The molecule has 2 rings (SSSR count). The van der Waals surface area contributed by atoms with Gasteiger partial charge in [0.2, 0.25) is 0 Å². The van der Waals surface area contributed by atoms with Gasteiger partial charge in [-0.3, -0.25) is 5.10 Å². The van der Waals surface area contributed by atoms with Crippen LogP contribution >= 0.6 is 24.0 Å². The van der Waals surface area contributed by atoms with Gasteiger partial charge in [0, 0.05) is 12.5 Å². The summed E-state index contributed by atoms with van der Waals surface area (Å²) in [6, 6.07) is 0. The van der Waals surface area contributed by atoms with Gasteiger partial charge in [0.05, 0.1) is 0 Å². The predicted molar refractivity (Wildman–Crippen MR) is 76.2 cm³/mol. The van der Waals surface area contributed by atoms with E-state index in [-0.39, 0.29) is 0 Å². The van der Waals surface area contributed by atoms with E-state index in [2.05, 4.69) is 21.0 Å². The van der Waals surface area contributed by atoms with Crippen molar-refractivity contribution in [1.29, 1.82) is 0 Å². The van der Waals surface area contributed by atoms with Gasteiger partial charge in [-0.2, -0.15) is 16.9 Å². The molecule has 17 heavy (non-hydrogen) atoms. The molecule has 1 aliphatic carbocycles. The first-order valence-electron chi connectivity index (χ1n) is 6.47. The number of unbranched alkanes of at least 4 members (excludes halogenated alkanes) is 3. The number of rotatable bonds is 8. The van der Waals surface area contributed by atoms with E-state index < -0.39 is 0 Å². The number of aromatic amines is 1. The molecule has 0 unspecified atom stereocenters. The van der Waals surface area contributed by atoms with E-state index in [1.165, 1.54) is 50.1 Å². The van der Waals surface area contributed by atoms with E-state index in [0.717, 1.165) is 11.3 Å². The maximum absolute atomic E-state index is 5.28. The summed E-state index contributed by atoms with van der Waals surface area (Å²) in [5.74, 6) is 3.16. The molecule has 0 radical (unpaired) electrons. The zero-order valence-electron chi connectivity index (χ0n) is 10.4. The summed E-state index contributed by atoms with van der Waals surface area (Å²) < 4.78 is 3.01. The van der Waals surface area contributed by atoms with Crippen molar-refractivity contribution in [3.63, 3.8) is 0 Å². The highest BCUT2D eigenvalue weighted by Crippen LogP contribution is 2.38. The fourth-order valence-corrected chi connectivity index (χ4v) is 2.79. The van der Waals surface area contributed by atoms with Crippen LogP contribution in [0.15, 0.2) is 0 Å². The van der Waals surface area contributed by atoms with Crippen molar-refractivity contribution in [2.24, 2.45) is 0 Å². The molecule has 0 spiro atoms. The highest BCUT2D eigenvalue weighted by atomic mass is 32.2. The fourth-order valence-electron chi connectivity index (χ4n) is 2.07. The summed E-state index contributed by atoms with van der Waals surface area (Å²) in [4.78, 5) is 0. The molecular weight excluding hydrogens is 250 g/mol. The number of hydrogen-bond acceptors (Lipinski definition) is 3. The molecule has 0 aliphatic heterocycles. The molecule has 1 N–H and O–H groups in total. The Balaban J connectivity index is 1.74. The van der Waals surface area contributed by atoms with E-state index in [9.17, 15) is 0 Å². The van der Waals surface area contributed by atoms with Crippen LogP contribution in [0, 0.1) is 4.77 Å². The lowest BCUT2D eigenvalue weighted by molar-refractivity contribution is 0.562. The van der Waals surface area contributed by atoms with Gasteiger partial charge in [0.25, 0.3) is 0 Å². The molecule has 3 nitrogen and oxygen atoms in total. The monoisotopic (exact) mass is 271 g/mol. The summed E-state index contributed by atoms with van der Waals surface area (Å²) in [6.45, 7) is 1.04. The lowest BCUT2D eigenvalue weighted by atomic mass is 10.2. The van der Waals surface area contributed by atoms with E-state index in [0.29, 0.717) is 5.92 Å². The molecular formula is C12H21N3S2. The lowest BCUT2D eigenvalue weighted by Crippen LogP contribution is -2.03. The molecule has 1 aliphatic rings. The molecule has 0 aromatic carbocycles. The molecule has 1 fully saturated rings. The highest BCUT2D eigenvalue weighted by molar-refractivity contribution is 7.98. The van der Waals surface area contributed by atoms with Crippen molar-refractivity contribution in [3.8, 4) is 0 Å². The Morgan fingerprint density at radius 2 is 2.12 bits per heavy atom. The van der Waals surface area contributed by atoms with E-state index in [1.54, 1.807) is 0 Å². The molecule has 0 bridgehead atoms. The Bertz CT molecular complexity index is 393. The van der Waals surface area contributed by atoms with Gasteiger partial charge < -0.3 is 4.57 Å². The highest BCUT2D eigenvalue weighted by Gasteiger charge is 2.28. The molecule has 0 saturated heterocycles. The fraction of sp³-hybridized carbons (Fsp3) is 0.833. The van der Waals surface area contributed by atoms with Crippen LogP contribution in [0.4, 0.5) is 0 Å². The Morgan fingerprint density at radius 1 is 1.35 bits per heavy atom. The van der Waals surface area contributed by atoms with Crippen molar-refractivity contribution in [3.05, 3.63) is 10.6 Å². The van der Waals surface area contributed by atoms with E-state index >= 15 is 0 Å². The summed E-state index contributed by atoms with van der Waals surface area (Å²) in [5, 5.41) is 7.28. The topological polar surface area (TPSA) is 33.6 Å². The molecule has 1 saturated carbocycles. The third-order valence-electron chi connectivity index (χ3n) is 3.21. The van der Waals surface area contributed by atoms with Crippen molar-refractivity contribution in [1.82, 2.24) is 14.8 Å². The Kier molecular flexibility index (Phi) is 5.10. The average Bonchev–Trinajstić information content (AvgIpc) is 3.10. The van der Waals surface area contributed by atoms with Crippen molar-refractivity contribution >= 4 is 24.0 Å². The first-order valence-corrected chi connectivity index (χ1v) is 8.27. The standard InChI is InChI=1S/C12H21N3S2/c1-17-9-5-3-2-4-8-15-11(10-6-7-10)13-14-12(15)16/h10H,2-9H2,1H3,(H,14,16). The quantitative estimate of drug-likeness (QED) is 0.577. The molecule has 0 amide bonds. The summed E-state index contributed by atoms with van der Waals surface area (Å²) in [7, 11) is 0. The molecule has 1 aromatic rings. The lowest BCUT2D eigenvalue weighted by Gasteiger charge is -2.05. The summed E-state index contributed by atoms with van der Waals surface area (Å²) >= 11 is 7.22. The van der Waals surface area contributed by atoms with Gasteiger partial charge >= 0.3 is 0 Å². The third kappa shape index (κ3) is 3.85. The Hall–Kier alpha value is -0.290. The zero-order valence-corrected chi connectivity index (χ0v) is 12.1. The normalized spacial score (nSPS) is 15.4. The summed E-state index contributed by atoms with van der Waals surface area (Å²) in [5.41, 5.74) is 0. The number of thioether (sulfide) groups is 1. The predicted octanol–water partition coefficient (Wildman–Crippen LogP) is 3.74. The molecule has 96 valence electrons. The first kappa shape index (κ1) is 13.1. The van der Waals surface area contributed by atoms with Crippen LogP contribution in [0.5, 0.6) is 0 Å². The van der Waals surface area contributed by atoms with Gasteiger partial charge in [-0.25, -0.2) is 0 Å². The van der Waals surface area contributed by atoms with Gasteiger partial charge in [0.15, 0.2) is 4.77 Å². The van der Waals surface area contributed by atoms with Crippen molar-refractivity contribution in [2.45, 2.75) is 51.0 Å². The number of nitrogens with zero attached hydrogens (tertiary/aromatic N) is 2. The second kappa shape index (κ2) is 6.59. The van der Waals surface area contributed by atoms with E-state index in [4.69, 9.17) is 12.2 Å². The average molecular weight is 271 g/mol. The van der Waals surface area contributed by atoms with Crippen LogP contribution in [0.25, 0.3) is 0 Å². The van der Waals surface area contributed by atoms with E-state index in [1.807, 2.05) is 11.8 Å². The van der Waals surface area contributed by atoms with Gasteiger partial charge in [-0.1, -0.05) is 12.8 Å². The molecule has 1 aromatic heterocycles.